The van der Waals surface area contributed by atoms with Gasteiger partial charge in [-0.05, 0) is 41.3 Å². The summed E-state index contributed by atoms with van der Waals surface area (Å²) in [6.07, 6.45) is 0. The minimum atomic E-state index is 0.590. The van der Waals surface area contributed by atoms with Crippen molar-refractivity contribution in [1.29, 1.82) is 0 Å². The number of hydrogen-bond donors (Lipinski definition) is 0. The van der Waals surface area contributed by atoms with Gasteiger partial charge in [-0.1, -0.05) is 18.2 Å². The van der Waals surface area contributed by atoms with E-state index in [1.54, 1.807) is 21.3 Å². The van der Waals surface area contributed by atoms with Gasteiger partial charge < -0.3 is 18.9 Å². The summed E-state index contributed by atoms with van der Waals surface area (Å²) in [7, 11) is 4.94. The van der Waals surface area contributed by atoms with Crippen LogP contribution in [-0.2, 0) is 0 Å². The fourth-order valence-electron chi connectivity index (χ4n) is 2.90. The van der Waals surface area contributed by atoms with Crippen molar-refractivity contribution in [2.75, 3.05) is 27.9 Å². The maximum Gasteiger partial charge on any atom is 0.169 e. The summed E-state index contributed by atoms with van der Waals surface area (Å²) in [6, 6.07) is 12.1. The molecule has 0 saturated carbocycles. The molecule has 0 radical (unpaired) electrons. The molecule has 0 atom stereocenters. The Morgan fingerprint density at radius 2 is 1.43 bits per heavy atom. The second-order valence-electron chi connectivity index (χ2n) is 5.12. The minimum Gasteiger partial charge on any atom is -0.493 e. The summed E-state index contributed by atoms with van der Waals surface area (Å²) in [5.41, 5.74) is 0. The highest BCUT2D eigenvalue weighted by atomic mass is 16.5. The molecule has 120 valence electrons. The predicted octanol–water partition coefficient (Wildman–Crippen LogP) is 4.42. The van der Waals surface area contributed by atoms with Crippen LogP contribution < -0.4 is 18.9 Å². The first-order valence-electron chi connectivity index (χ1n) is 7.51. The highest BCUT2D eigenvalue weighted by molar-refractivity contribution is 6.12. The second kappa shape index (κ2) is 6.24. The monoisotopic (exact) mass is 312 g/mol. The van der Waals surface area contributed by atoms with Crippen molar-refractivity contribution >= 4 is 21.5 Å². The van der Waals surface area contributed by atoms with Crippen molar-refractivity contribution in [3.63, 3.8) is 0 Å². The van der Waals surface area contributed by atoms with E-state index in [-0.39, 0.29) is 0 Å². The molecule has 3 aromatic carbocycles. The SMILES string of the molecule is CCOc1cc2ccc3ccc(OC)c(OC)c3c2cc1OC. The Labute approximate surface area is 135 Å². The lowest BCUT2D eigenvalue weighted by Gasteiger charge is -2.15. The van der Waals surface area contributed by atoms with E-state index in [9.17, 15) is 0 Å². The Bertz CT molecular complexity index is 855. The van der Waals surface area contributed by atoms with Crippen molar-refractivity contribution in [3.8, 4) is 23.0 Å². The van der Waals surface area contributed by atoms with Crippen LogP contribution in [0.15, 0.2) is 36.4 Å². The Balaban J connectivity index is 2.41. The molecule has 0 spiro atoms. The number of ether oxygens (including phenoxy) is 4. The smallest absolute Gasteiger partial charge is 0.169 e. The maximum absolute atomic E-state index is 5.67. The second-order valence-corrected chi connectivity index (χ2v) is 5.12. The Morgan fingerprint density at radius 1 is 0.739 bits per heavy atom. The molecule has 0 heterocycles. The van der Waals surface area contributed by atoms with Crippen molar-refractivity contribution < 1.29 is 18.9 Å². The molecule has 0 fully saturated rings. The number of fused-ring (bicyclic) bond motifs is 3. The zero-order valence-electron chi connectivity index (χ0n) is 13.8. The summed E-state index contributed by atoms with van der Waals surface area (Å²) in [4.78, 5) is 0. The van der Waals surface area contributed by atoms with Crippen molar-refractivity contribution in [2.45, 2.75) is 6.92 Å². The quantitative estimate of drug-likeness (QED) is 0.654. The molecular weight excluding hydrogens is 292 g/mol. The molecule has 3 rings (SSSR count). The van der Waals surface area contributed by atoms with Crippen LogP contribution >= 0.6 is 0 Å². The van der Waals surface area contributed by atoms with Gasteiger partial charge in [0, 0.05) is 5.39 Å². The Hall–Kier alpha value is -2.62. The predicted molar refractivity (Wildman–Crippen MR) is 92.3 cm³/mol. The molecule has 4 nitrogen and oxygen atoms in total. The highest BCUT2D eigenvalue weighted by Gasteiger charge is 2.14. The lowest BCUT2D eigenvalue weighted by molar-refractivity contribution is 0.311. The van der Waals surface area contributed by atoms with Crippen LogP contribution in [0, 0.1) is 0 Å². The first kappa shape index (κ1) is 15.3. The van der Waals surface area contributed by atoms with Crippen LogP contribution in [0.1, 0.15) is 6.92 Å². The molecule has 23 heavy (non-hydrogen) atoms. The summed E-state index contributed by atoms with van der Waals surface area (Å²) in [5, 5.41) is 4.19. The van der Waals surface area contributed by atoms with Crippen LogP contribution in [0.4, 0.5) is 0 Å². The zero-order valence-corrected chi connectivity index (χ0v) is 13.8. The van der Waals surface area contributed by atoms with Gasteiger partial charge >= 0.3 is 0 Å². The fraction of sp³-hybridized carbons (Fsp3) is 0.263. The minimum absolute atomic E-state index is 0.590. The standard InChI is InChI=1S/C19H20O4/c1-5-23-17-10-13-7-6-12-8-9-15(20-2)19(22-4)18(12)14(13)11-16(17)21-3/h6-11H,5H2,1-4H3. The first-order chi connectivity index (χ1) is 11.2. The van der Waals surface area contributed by atoms with Gasteiger partial charge in [0.25, 0.3) is 0 Å². The van der Waals surface area contributed by atoms with Gasteiger partial charge in [-0.3, -0.25) is 0 Å². The number of hydrogen-bond acceptors (Lipinski definition) is 4. The van der Waals surface area contributed by atoms with Gasteiger partial charge in [0.15, 0.2) is 23.0 Å². The maximum atomic E-state index is 5.67. The third-order valence-corrected chi connectivity index (χ3v) is 3.93. The summed E-state index contributed by atoms with van der Waals surface area (Å²) in [5.74, 6) is 2.88. The van der Waals surface area contributed by atoms with E-state index in [1.807, 2.05) is 31.2 Å². The van der Waals surface area contributed by atoms with Crippen LogP contribution in [0.2, 0.25) is 0 Å². The van der Waals surface area contributed by atoms with Gasteiger partial charge in [0.2, 0.25) is 0 Å². The van der Waals surface area contributed by atoms with Gasteiger partial charge in [0.1, 0.15) is 0 Å². The van der Waals surface area contributed by atoms with Gasteiger partial charge in [-0.2, -0.15) is 0 Å². The van der Waals surface area contributed by atoms with Gasteiger partial charge in [-0.15, -0.1) is 0 Å². The molecule has 0 aliphatic rings. The number of rotatable bonds is 5. The molecule has 4 heteroatoms. The van der Waals surface area contributed by atoms with Gasteiger partial charge in [0.05, 0.1) is 27.9 Å². The summed E-state index contributed by atoms with van der Waals surface area (Å²) < 4.78 is 22.2. The van der Waals surface area contributed by atoms with Crippen molar-refractivity contribution in [2.24, 2.45) is 0 Å². The average molecular weight is 312 g/mol. The molecule has 0 aliphatic heterocycles. The highest BCUT2D eigenvalue weighted by Crippen LogP contribution is 2.42. The topological polar surface area (TPSA) is 36.9 Å². The first-order valence-corrected chi connectivity index (χ1v) is 7.51. The molecule has 0 aliphatic carbocycles. The molecule has 0 saturated heterocycles. The summed E-state index contributed by atoms with van der Waals surface area (Å²) >= 11 is 0. The van der Waals surface area contributed by atoms with Crippen LogP contribution in [0.3, 0.4) is 0 Å². The molecule has 0 amide bonds. The molecule has 0 unspecified atom stereocenters. The number of methoxy groups -OCH3 is 3. The van der Waals surface area contributed by atoms with Crippen LogP contribution in [0.5, 0.6) is 23.0 Å². The van der Waals surface area contributed by atoms with Gasteiger partial charge in [-0.25, -0.2) is 0 Å². The van der Waals surface area contributed by atoms with E-state index in [0.29, 0.717) is 18.1 Å². The molecule has 0 aromatic heterocycles. The third kappa shape index (κ3) is 2.50. The zero-order chi connectivity index (χ0) is 16.4. The van der Waals surface area contributed by atoms with Crippen LogP contribution in [0.25, 0.3) is 21.5 Å². The van der Waals surface area contributed by atoms with Crippen LogP contribution in [-0.4, -0.2) is 27.9 Å². The molecular formula is C19H20O4. The lowest BCUT2D eigenvalue weighted by Crippen LogP contribution is -1.96. The van der Waals surface area contributed by atoms with E-state index in [4.69, 9.17) is 18.9 Å². The molecule has 3 aromatic rings. The Kier molecular flexibility index (Phi) is 4.15. The fourth-order valence-corrected chi connectivity index (χ4v) is 2.90. The Morgan fingerprint density at radius 3 is 2.09 bits per heavy atom. The third-order valence-electron chi connectivity index (χ3n) is 3.93. The van der Waals surface area contributed by atoms with Crippen molar-refractivity contribution in [1.82, 2.24) is 0 Å². The van der Waals surface area contributed by atoms with E-state index >= 15 is 0 Å². The summed E-state index contributed by atoms with van der Waals surface area (Å²) in [6.45, 7) is 2.55. The molecule has 0 bridgehead atoms. The van der Waals surface area contributed by atoms with Crippen molar-refractivity contribution in [3.05, 3.63) is 36.4 Å². The van der Waals surface area contributed by atoms with E-state index in [0.717, 1.165) is 33.0 Å². The van der Waals surface area contributed by atoms with E-state index in [1.165, 1.54) is 0 Å². The largest absolute Gasteiger partial charge is 0.493 e. The normalized spacial score (nSPS) is 10.8. The van der Waals surface area contributed by atoms with E-state index < -0.39 is 0 Å². The number of benzene rings is 3. The molecule has 0 N–H and O–H groups in total. The lowest BCUT2D eigenvalue weighted by atomic mass is 10.00. The average Bonchev–Trinajstić information content (AvgIpc) is 2.59. The van der Waals surface area contributed by atoms with E-state index in [2.05, 4.69) is 12.1 Å².